The summed E-state index contributed by atoms with van der Waals surface area (Å²) in [5.74, 6) is 0.0580. The predicted molar refractivity (Wildman–Crippen MR) is 122 cm³/mol. The summed E-state index contributed by atoms with van der Waals surface area (Å²) in [6.07, 6.45) is 4.95. The molecular formula is C21H28N4O2S2. The summed E-state index contributed by atoms with van der Waals surface area (Å²) in [7, 11) is 2.09. The second-order valence-electron chi connectivity index (χ2n) is 7.38. The number of piperazine rings is 1. The third-order valence-corrected chi connectivity index (χ3v) is 6.42. The van der Waals surface area contributed by atoms with Gasteiger partial charge in [-0.25, -0.2) is 5.01 Å². The van der Waals surface area contributed by atoms with Gasteiger partial charge in [-0.1, -0.05) is 60.7 Å². The van der Waals surface area contributed by atoms with E-state index in [2.05, 4.69) is 17.4 Å². The highest BCUT2D eigenvalue weighted by Crippen LogP contribution is 2.32. The number of rotatable bonds is 8. The van der Waals surface area contributed by atoms with Crippen LogP contribution in [0, 0.1) is 0 Å². The van der Waals surface area contributed by atoms with Crippen LogP contribution in [-0.4, -0.2) is 70.7 Å². The zero-order valence-electron chi connectivity index (χ0n) is 16.8. The minimum absolute atomic E-state index is 0.0170. The number of likely N-dealkylation sites (N-methyl/N-ethyl adjacent to an activating group) is 1. The van der Waals surface area contributed by atoms with E-state index in [9.17, 15) is 9.59 Å². The molecule has 2 heterocycles. The van der Waals surface area contributed by atoms with Gasteiger partial charge in [0.25, 0.3) is 5.91 Å². The predicted octanol–water partition coefficient (Wildman–Crippen LogP) is 2.73. The van der Waals surface area contributed by atoms with Crippen molar-refractivity contribution in [3.63, 3.8) is 0 Å². The number of benzene rings is 1. The number of amides is 2. The number of nitrogens with one attached hydrogen (secondary N) is 1. The molecule has 1 aromatic rings. The minimum atomic E-state index is -0.0170. The van der Waals surface area contributed by atoms with E-state index in [1.807, 2.05) is 41.4 Å². The lowest BCUT2D eigenvalue weighted by Gasteiger charge is -2.32. The summed E-state index contributed by atoms with van der Waals surface area (Å²) in [6.45, 7) is 4.29. The van der Waals surface area contributed by atoms with Crippen LogP contribution in [0.5, 0.6) is 0 Å². The van der Waals surface area contributed by atoms with Gasteiger partial charge in [0, 0.05) is 39.1 Å². The fraction of sp³-hybridized carbons (Fsp3) is 0.476. The number of nitrogens with zero attached hydrogens (tertiary/aromatic N) is 3. The molecule has 0 aromatic heterocycles. The standard InChI is InChI=1S/C21H28N4O2S2/c1-23-12-14-24(15-13-23)22-19(26)10-6-3-7-11-25-20(27)18(29-21(25)28)16-17-8-4-2-5-9-17/h2,4-5,8-9,16H,3,6-7,10-15H2,1H3,(H,22,26)/b18-16-. The van der Waals surface area contributed by atoms with Crippen molar-refractivity contribution in [1.82, 2.24) is 20.2 Å². The average molecular weight is 433 g/mol. The van der Waals surface area contributed by atoms with Gasteiger partial charge in [-0.3, -0.25) is 19.9 Å². The molecule has 0 spiro atoms. The van der Waals surface area contributed by atoms with Crippen LogP contribution in [0.15, 0.2) is 35.2 Å². The molecular weight excluding hydrogens is 404 g/mol. The molecule has 0 bridgehead atoms. The van der Waals surface area contributed by atoms with Crippen LogP contribution in [0.4, 0.5) is 0 Å². The maximum Gasteiger partial charge on any atom is 0.266 e. The Morgan fingerprint density at radius 3 is 2.59 bits per heavy atom. The molecule has 2 fully saturated rings. The summed E-state index contributed by atoms with van der Waals surface area (Å²) in [5, 5.41) is 2.00. The molecule has 1 aromatic carbocycles. The molecule has 3 rings (SSSR count). The maximum atomic E-state index is 12.6. The van der Waals surface area contributed by atoms with Crippen LogP contribution in [0.2, 0.25) is 0 Å². The van der Waals surface area contributed by atoms with E-state index < -0.39 is 0 Å². The van der Waals surface area contributed by atoms with Crippen molar-refractivity contribution in [3.05, 3.63) is 40.8 Å². The lowest BCUT2D eigenvalue weighted by molar-refractivity contribution is -0.127. The zero-order valence-corrected chi connectivity index (χ0v) is 18.4. The number of thioether (sulfide) groups is 1. The number of carbonyl (C=O) groups excluding carboxylic acids is 2. The number of carbonyl (C=O) groups is 2. The molecule has 0 unspecified atom stereocenters. The van der Waals surface area contributed by atoms with Crippen molar-refractivity contribution in [1.29, 1.82) is 0 Å². The number of hydrogen-bond acceptors (Lipinski definition) is 6. The van der Waals surface area contributed by atoms with Crippen molar-refractivity contribution >= 4 is 46.2 Å². The fourth-order valence-electron chi connectivity index (χ4n) is 3.28. The van der Waals surface area contributed by atoms with Gasteiger partial charge in [-0.15, -0.1) is 0 Å². The quantitative estimate of drug-likeness (QED) is 0.387. The first kappa shape index (κ1) is 22.0. The van der Waals surface area contributed by atoms with Crippen molar-refractivity contribution in [3.8, 4) is 0 Å². The number of thiocarbonyl (C=S) groups is 1. The van der Waals surface area contributed by atoms with E-state index in [-0.39, 0.29) is 11.8 Å². The first-order valence-electron chi connectivity index (χ1n) is 10.1. The van der Waals surface area contributed by atoms with Gasteiger partial charge in [0.05, 0.1) is 4.91 Å². The molecule has 156 valence electrons. The first-order valence-corrected chi connectivity index (χ1v) is 11.3. The second kappa shape index (κ2) is 10.9. The molecule has 2 saturated heterocycles. The van der Waals surface area contributed by atoms with Crippen LogP contribution in [0.1, 0.15) is 31.2 Å². The highest BCUT2D eigenvalue weighted by Gasteiger charge is 2.31. The van der Waals surface area contributed by atoms with Crippen molar-refractivity contribution in [2.24, 2.45) is 0 Å². The molecule has 0 aliphatic carbocycles. The van der Waals surface area contributed by atoms with E-state index >= 15 is 0 Å². The highest BCUT2D eigenvalue weighted by atomic mass is 32.2. The highest BCUT2D eigenvalue weighted by molar-refractivity contribution is 8.26. The van der Waals surface area contributed by atoms with Gasteiger partial charge in [-0.05, 0) is 31.5 Å². The Morgan fingerprint density at radius 2 is 1.86 bits per heavy atom. The van der Waals surface area contributed by atoms with E-state index in [1.54, 1.807) is 4.90 Å². The van der Waals surface area contributed by atoms with Crippen molar-refractivity contribution in [2.45, 2.75) is 25.7 Å². The Balaban J connectivity index is 1.35. The topological polar surface area (TPSA) is 55.9 Å². The Kier molecular flexibility index (Phi) is 8.23. The molecule has 6 nitrogen and oxygen atoms in total. The van der Waals surface area contributed by atoms with Crippen LogP contribution in [0.25, 0.3) is 6.08 Å². The summed E-state index contributed by atoms with van der Waals surface area (Å²) in [4.78, 5) is 29.3. The Hall–Kier alpha value is -1.74. The fourth-order valence-corrected chi connectivity index (χ4v) is 4.58. The largest absolute Gasteiger partial charge is 0.304 e. The van der Waals surface area contributed by atoms with Crippen LogP contribution >= 0.6 is 24.0 Å². The van der Waals surface area contributed by atoms with E-state index in [0.717, 1.165) is 51.0 Å². The Morgan fingerprint density at radius 1 is 1.14 bits per heavy atom. The minimum Gasteiger partial charge on any atom is -0.304 e. The van der Waals surface area contributed by atoms with Gasteiger partial charge >= 0.3 is 0 Å². The summed E-state index contributed by atoms with van der Waals surface area (Å²) in [6, 6.07) is 9.80. The molecule has 2 aliphatic rings. The summed E-state index contributed by atoms with van der Waals surface area (Å²) >= 11 is 6.74. The number of hydrazine groups is 1. The molecule has 2 amide bonds. The SMILES string of the molecule is CN1CCN(NC(=O)CCCCCN2C(=O)/C(=C/c3ccccc3)SC2=S)CC1. The van der Waals surface area contributed by atoms with E-state index in [1.165, 1.54) is 11.8 Å². The summed E-state index contributed by atoms with van der Waals surface area (Å²) in [5.41, 5.74) is 3.99. The lowest BCUT2D eigenvalue weighted by Crippen LogP contribution is -2.52. The van der Waals surface area contributed by atoms with Crippen molar-refractivity contribution in [2.75, 3.05) is 39.8 Å². The number of hydrogen-bond donors (Lipinski definition) is 1. The Bertz CT molecular complexity index is 761. The molecule has 0 saturated carbocycles. The van der Waals surface area contributed by atoms with Gasteiger partial charge in [0.1, 0.15) is 4.32 Å². The second-order valence-corrected chi connectivity index (χ2v) is 9.06. The van der Waals surface area contributed by atoms with Crippen LogP contribution in [-0.2, 0) is 9.59 Å². The van der Waals surface area contributed by atoms with Gasteiger partial charge in [0.2, 0.25) is 5.91 Å². The van der Waals surface area contributed by atoms with E-state index in [0.29, 0.717) is 22.2 Å². The zero-order chi connectivity index (χ0) is 20.6. The monoisotopic (exact) mass is 432 g/mol. The summed E-state index contributed by atoms with van der Waals surface area (Å²) < 4.78 is 0.616. The van der Waals surface area contributed by atoms with Gasteiger partial charge < -0.3 is 4.90 Å². The normalized spacial score (nSPS) is 19.9. The smallest absolute Gasteiger partial charge is 0.266 e. The van der Waals surface area contributed by atoms with Crippen molar-refractivity contribution < 1.29 is 9.59 Å². The third kappa shape index (κ3) is 6.64. The average Bonchev–Trinajstić information content (AvgIpc) is 2.97. The third-order valence-electron chi connectivity index (χ3n) is 5.04. The molecule has 29 heavy (non-hydrogen) atoms. The molecule has 0 radical (unpaired) electrons. The number of unbranched alkanes of at least 4 members (excludes halogenated alkanes) is 2. The van der Waals surface area contributed by atoms with Crippen LogP contribution < -0.4 is 5.43 Å². The maximum absolute atomic E-state index is 12.6. The van der Waals surface area contributed by atoms with Gasteiger partial charge in [0.15, 0.2) is 0 Å². The van der Waals surface area contributed by atoms with Crippen LogP contribution in [0.3, 0.4) is 0 Å². The molecule has 0 atom stereocenters. The molecule has 1 N–H and O–H groups in total. The first-order chi connectivity index (χ1) is 14.0. The van der Waals surface area contributed by atoms with E-state index in [4.69, 9.17) is 12.2 Å². The van der Waals surface area contributed by atoms with Gasteiger partial charge in [-0.2, -0.15) is 0 Å². The lowest BCUT2D eigenvalue weighted by atomic mass is 10.2. The Labute approximate surface area is 182 Å². The molecule has 8 heteroatoms. The molecule has 2 aliphatic heterocycles.